The van der Waals surface area contributed by atoms with Crippen LogP contribution in [0.3, 0.4) is 0 Å². The van der Waals surface area contributed by atoms with Gasteiger partial charge in [0.2, 0.25) is 0 Å². The number of carboxylic acid groups (broad SMARTS) is 1. The molecule has 3 rings (SSSR count). The lowest BCUT2D eigenvalue weighted by molar-refractivity contribution is -0.141. The van der Waals surface area contributed by atoms with Gasteiger partial charge in [0.05, 0.1) is 12.1 Å². The Labute approximate surface area is 150 Å². The van der Waals surface area contributed by atoms with E-state index >= 15 is 0 Å². The van der Waals surface area contributed by atoms with Crippen molar-refractivity contribution in [2.75, 3.05) is 6.54 Å². The fourth-order valence-electron chi connectivity index (χ4n) is 2.80. The van der Waals surface area contributed by atoms with Crippen molar-refractivity contribution < 1.29 is 14.7 Å². The summed E-state index contributed by atoms with van der Waals surface area (Å²) < 4.78 is 1.52. The Balaban J connectivity index is 1.71. The fourth-order valence-corrected chi connectivity index (χ4v) is 2.80. The molecule has 0 aliphatic rings. The number of carboxylic acids is 1. The zero-order valence-corrected chi connectivity index (χ0v) is 14.6. The number of amides is 1. The van der Waals surface area contributed by atoms with Crippen molar-refractivity contribution in [3.05, 3.63) is 65.1 Å². The number of carbonyl (C=O) groups is 2. The van der Waals surface area contributed by atoms with Gasteiger partial charge in [-0.2, -0.15) is 5.10 Å². The second-order valence-corrected chi connectivity index (χ2v) is 6.33. The first kappa shape index (κ1) is 17.6. The number of aryl methyl sites for hydroxylation is 2. The van der Waals surface area contributed by atoms with Gasteiger partial charge in [-0.1, -0.05) is 29.8 Å². The molecule has 2 aromatic heterocycles. The molecule has 2 heterocycles. The number of benzene rings is 1. The molecule has 1 unspecified atom stereocenters. The number of hydrogen-bond donors (Lipinski definition) is 2. The summed E-state index contributed by atoms with van der Waals surface area (Å²) in [7, 11) is 0. The van der Waals surface area contributed by atoms with E-state index in [9.17, 15) is 14.7 Å². The summed E-state index contributed by atoms with van der Waals surface area (Å²) in [5, 5.41) is 16.3. The second kappa shape index (κ2) is 7.35. The van der Waals surface area contributed by atoms with Crippen LogP contribution in [0.15, 0.2) is 42.7 Å². The van der Waals surface area contributed by atoms with Crippen LogP contribution in [0.2, 0.25) is 0 Å². The SMILES string of the molecule is Cc1cccc(CC(CNC(=O)c2cnn3ccc(C)nc23)C(=O)O)c1. The van der Waals surface area contributed by atoms with Gasteiger partial charge in [-0.15, -0.1) is 0 Å². The highest BCUT2D eigenvalue weighted by Gasteiger charge is 2.21. The molecule has 0 aliphatic carbocycles. The monoisotopic (exact) mass is 352 g/mol. The lowest BCUT2D eigenvalue weighted by atomic mass is 9.98. The van der Waals surface area contributed by atoms with Crippen molar-refractivity contribution in [1.82, 2.24) is 19.9 Å². The molecule has 0 saturated heterocycles. The van der Waals surface area contributed by atoms with E-state index in [1.165, 1.54) is 10.7 Å². The van der Waals surface area contributed by atoms with Gasteiger partial charge in [0.25, 0.3) is 5.91 Å². The molecule has 1 atom stereocenters. The topological polar surface area (TPSA) is 96.6 Å². The number of carbonyl (C=O) groups excluding carboxylic acids is 1. The molecule has 26 heavy (non-hydrogen) atoms. The second-order valence-electron chi connectivity index (χ2n) is 6.33. The van der Waals surface area contributed by atoms with Gasteiger partial charge in [-0.3, -0.25) is 9.59 Å². The summed E-state index contributed by atoms with van der Waals surface area (Å²) in [4.78, 5) is 28.4. The van der Waals surface area contributed by atoms with E-state index in [0.29, 0.717) is 17.6 Å². The third-order valence-corrected chi connectivity index (χ3v) is 4.18. The first-order valence-electron chi connectivity index (χ1n) is 8.31. The van der Waals surface area contributed by atoms with E-state index in [1.807, 2.05) is 38.1 Å². The molecule has 0 fully saturated rings. The molecule has 1 aromatic carbocycles. The Bertz CT molecular complexity index is 964. The summed E-state index contributed by atoms with van der Waals surface area (Å²) in [5.41, 5.74) is 3.56. The Hall–Kier alpha value is -3.22. The minimum absolute atomic E-state index is 0.0330. The van der Waals surface area contributed by atoms with Crippen LogP contribution in [0, 0.1) is 19.8 Å². The third kappa shape index (κ3) is 3.88. The van der Waals surface area contributed by atoms with Crippen LogP contribution in [0.25, 0.3) is 5.65 Å². The molecular weight excluding hydrogens is 332 g/mol. The summed E-state index contributed by atoms with van der Waals surface area (Å²) in [6.45, 7) is 3.82. The Kier molecular flexibility index (Phi) is 4.97. The van der Waals surface area contributed by atoms with Gasteiger partial charge < -0.3 is 10.4 Å². The summed E-state index contributed by atoms with van der Waals surface area (Å²) in [6.07, 6.45) is 3.52. The van der Waals surface area contributed by atoms with E-state index in [-0.39, 0.29) is 12.5 Å². The average Bonchev–Trinajstić information content (AvgIpc) is 3.01. The van der Waals surface area contributed by atoms with E-state index in [0.717, 1.165) is 16.8 Å². The van der Waals surface area contributed by atoms with Crippen LogP contribution >= 0.6 is 0 Å². The maximum absolute atomic E-state index is 12.5. The molecule has 0 radical (unpaired) electrons. The quantitative estimate of drug-likeness (QED) is 0.707. The van der Waals surface area contributed by atoms with Crippen molar-refractivity contribution in [3.8, 4) is 0 Å². The molecular formula is C19H20N4O3. The highest BCUT2D eigenvalue weighted by molar-refractivity contribution is 5.99. The minimum Gasteiger partial charge on any atom is -0.481 e. The Morgan fingerprint density at radius 2 is 2.08 bits per heavy atom. The number of fused-ring (bicyclic) bond motifs is 1. The molecule has 0 spiro atoms. The summed E-state index contributed by atoms with van der Waals surface area (Å²) in [5.74, 6) is -2.04. The summed E-state index contributed by atoms with van der Waals surface area (Å²) in [6, 6.07) is 9.50. The first-order valence-corrected chi connectivity index (χ1v) is 8.31. The fraction of sp³-hybridized carbons (Fsp3) is 0.263. The van der Waals surface area contributed by atoms with E-state index in [4.69, 9.17) is 0 Å². The minimum atomic E-state index is -0.944. The van der Waals surface area contributed by atoms with E-state index < -0.39 is 11.9 Å². The lowest BCUT2D eigenvalue weighted by Gasteiger charge is -2.13. The van der Waals surface area contributed by atoms with Crippen molar-refractivity contribution in [2.45, 2.75) is 20.3 Å². The predicted molar refractivity (Wildman–Crippen MR) is 96.1 cm³/mol. The van der Waals surface area contributed by atoms with E-state index in [1.54, 1.807) is 12.3 Å². The van der Waals surface area contributed by atoms with Crippen molar-refractivity contribution in [2.24, 2.45) is 5.92 Å². The van der Waals surface area contributed by atoms with Crippen molar-refractivity contribution in [3.63, 3.8) is 0 Å². The highest BCUT2D eigenvalue weighted by atomic mass is 16.4. The van der Waals surface area contributed by atoms with Gasteiger partial charge in [-0.05, 0) is 31.9 Å². The van der Waals surface area contributed by atoms with Crippen LogP contribution in [0.1, 0.15) is 27.2 Å². The maximum Gasteiger partial charge on any atom is 0.308 e. The number of nitrogens with zero attached hydrogens (tertiary/aromatic N) is 3. The third-order valence-electron chi connectivity index (χ3n) is 4.18. The van der Waals surface area contributed by atoms with Gasteiger partial charge >= 0.3 is 5.97 Å². The number of aliphatic carboxylic acids is 1. The van der Waals surface area contributed by atoms with Gasteiger partial charge in [0.1, 0.15) is 5.56 Å². The first-order chi connectivity index (χ1) is 12.4. The normalized spacial score (nSPS) is 12.1. The van der Waals surface area contributed by atoms with Crippen LogP contribution < -0.4 is 5.32 Å². The number of nitrogens with one attached hydrogen (secondary N) is 1. The van der Waals surface area contributed by atoms with Crippen LogP contribution in [0.4, 0.5) is 0 Å². The smallest absolute Gasteiger partial charge is 0.308 e. The molecule has 1 amide bonds. The zero-order valence-electron chi connectivity index (χ0n) is 14.6. The molecule has 134 valence electrons. The van der Waals surface area contributed by atoms with Crippen LogP contribution in [-0.2, 0) is 11.2 Å². The molecule has 7 heteroatoms. The Morgan fingerprint density at radius 3 is 2.81 bits per heavy atom. The van der Waals surface area contributed by atoms with Gasteiger partial charge in [0.15, 0.2) is 5.65 Å². The molecule has 0 bridgehead atoms. The van der Waals surface area contributed by atoms with Gasteiger partial charge in [-0.25, -0.2) is 9.50 Å². The summed E-state index contributed by atoms with van der Waals surface area (Å²) >= 11 is 0. The number of aromatic nitrogens is 3. The van der Waals surface area contributed by atoms with Crippen LogP contribution in [-0.4, -0.2) is 38.1 Å². The molecule has 2 N–H and O–H groups in total. The zero-order chi connectivity index (χ0) is 18.7. The Morgan fingerprint density at radius 1 is 1.27 bits per heavy atom. The van der Waals surface area contributed by atoms with E-state index in [2.05, 4.69) is 15.4 Å². The standard InChI is InChI=1S/C19H20N4O3/c1-12-4-3-5-14(8-12)9-15(19(25)26)10-20-18(24)16-11-21-23-7-6-13(2)22-17(16)23/h3-8,11,15H,9-10H2,1-2H3,(H,20,24)(H,25,26). The predicted octanol–water partition coefficient (Wildman–Crippen LogP) is 2.02. The molecule has 7 nitrogen and oxygen atoms in total. The molecule has 3 aromatic rings. The maximum atomic E-state index is 12.5. The number of rotatable bonds is 6. The van der Waals surface area contributed by atoms with Crippen molar-refractivity contribution >= 4 is 17.5 Å². The van der Waals surface area contributed by atoms with Crippen molar-refractivity contribution in [1.29, 1.82) is 0 Å². The average molecular weight is 352 g/mol. The van der Waals surface area contributed by atoms with Gasteiger partial charge in [0, 0.05) is 18.4 Å². The number of hydrogen-bond acceptors (Lipinski definition) is 4. The molecule has 0 saturated carbocycles. The molecule has 0 aliphatic heterocycles. The van der Waals surface area contributed by atoms with Crippen LogP contribution in [0.5, 0.6) is 0 Å². The highest BCUT2D eigenvalue weighted by Crippen LogP contribution is 2.12. The lowest BCUT2D eigenvalue weighted by Crippen LogP contribution is -2.34. The largest absolute Gasteiger partial charge is 0.481 e.